The minimum absolute atomic E-state index is 0.0877. The van der Waals surface area contributed by atoms with Crippen molar-refractivity contribution in [2.45, 2.75) is 13.0 Å². The lowest BCUT2D eigenvalue weighted by atomic mass is 10.1. The predicted molar refractivity (Wildman–Crippen MR) is 80.1 cm³/mol. The standard InChI is InChI=1S/C16H16FN3O/c17-14-5-4-12-6-7-20(15(12)9-14)10-11-2-1-3-13(8-11)16(18)19-21/h1-5,8-9,21H,6-7,10H2,(H2,18,19). The summed E-state index contributed by atoms with van der Waals surface area (Å²) in [6, 6.07) is 12.4. The third-order valence-electron chi connectivity index (χ3n) is 3.74. The van der Waals surface area contributed by atoms with Gasteiger partial charge < -0.3 is 15.8 Å². The first-order chi connectivity index (χ1) is 10.2. The average molecular weight is 285 g/mol. The van der Waals surface area contributed by atoms with E-state index >= 15 is 0 Å². The normalized spacial score (nSPS) is 14.3. The predicted octanol–water partition coefficient (Wildman–Crippen LogP) is 2.48. The van der Waals surface area contributed by atoms with Gasteiger partial charge in [-0.25, -0.2) is 4.39 Å². The van der Waals surface area contributed by atoms with Gasteiger partial charge >= 0.3 is 0 Å². The van der Waals surface area contributed by atoms with Gasteiger partial charge in [-0.1, -0.05) is 29.4 Å². The van der Waals surface area contributed by atoms with Gasteiger partial charge in [0.25, 0.3) is 0 Å². The molecule has 0 amide bonds. The topological polar surface area (TPSA) is 61.9 Å². The molecule has 3 N–H and O–H groups in total. The van der Waals surface area contributed by atoms with E-state index in [1.165, 1.54) is 11.6 Å². The third kappa shape index (κ3) is 2.67. The highest BCUT2D eigenvalue weighted by atomic mass is 19.1. The molecule has 0 unspecified atom stereocenters. The number of hydrogen-bond acceptors (Lipinski definition) is 3. The van der Waals surface area contributed by atoms with Crippen LogP contribution >= 0.6 is 0 Å². The maximum absolute atomic E-state index is 13.4. The van der Waals surface area contributed by atoms with Crippen LogP contribution in [-0.2, 0) is 13.0 Å². The van der Waals surface area contributed by atoms with Crippen LogP contribution < -0.4 is 10.6 Å². The van der Waals surface area contributed by atoms with E-state index in [1.54, 1.807) is 12.1 Å². The Balaban J connectivity index is 1.85. The first-order valence-corrected chi connectivity index (χ1v) is 6.77. The van der Waals surface area contributed by atoms with Crippen LogP contribution in [-0.4, -0.2) is 17.6 Å². The Hall–Kier alpha value is -2.56. The Morgan fingerprint density at radius 1 is 1.29 bits per heavy atom. The molecule has 1 heterocycles. The summed E-state index contributed by atoms with van der Waals surface area (Å²) in [6.07, 6.45) is 0.926. The van der Waals surface area contributed by atoms with Crippen LogP contribution in [0.1, 0.15) is 16.7 Å². The van der Waals surface area contributed by atoms with Crippen molar-refractivity contribution in [3.8, 4) is 0 Å². The zero-order valence-corrected chi connectivity index (χ0v) is 11.5. The lowest BCUT2D eigenvalue weighted by Crippen LogP contribution is -2.20. The Bertz CT molecular complexity index is 700. The van der Waals surface area contributed by atoms with Crippen molar-refractivity contribution in [3.63, 3.8) is 0 Å². The second-order valence-electron chi connectivity index (χ2n) is 5.13. The van der Waals surface area contributed by atoms with Gasteiger partial charge in [-0.15, -0.1) is 0 Å². The van der Waals surface area contributed by atoms with Gasteiger partial charge in [0, 0.05) is 24.3 Å². The number of nitrogens with two attached hydrogens (primary N) is 1. The minimum atomic E-state index is -0.217. The Labute approximate surface area is 122 Å². The first-order valence-electron chi connectivity index (χ1n) is 6.77. The second kappa shape index (κ2) is 5.44. The molecular formula is C16H16FN3O. The van der Waals surface area contributed by atoms with Crippen LogP contribution in [0.25, 0.3) is 0 Å². The van der Waals surface area contributed by atoms with Gasteiger partial charge in [-0.3, -0.25) is 0 Å². The zero-order chi connectivity index (χ0) is 14.8. The number of benzene rings is 2. The van der Waals surface area contributed by atoms with Crippen molar-refractivity contribution >= 4 is 11.5 Å². The van der Waals surface area contributed by atoms with Crippen LogP contribution in [0, 0.1) is 5.82 Å². The van der Waals surface area contributed by atoms with E-state index in [0.29, 0.717) is 12.1 Å². The molecule has 5 heteroatoms. The van der Waals surface area contributed by atoms with E-state index in [4.69, 9.17) is 10.9 Å². The number of anilines is 1. The maximum Gasteiger partial charge on any atom is 0.170 e. The largest absolute Gasteiger partial charge is 0.409 e. The average Bonchev–Trinajstić information content (AvgIpc) is 2.89. The van der Waals surface area contributed by atoms with E-state index in [9.17, 15) is 4.39 Å². The van der Waals surface area contributed by atoms with Crippen LogP contribution in [0.3, 0.4) is 0 Å². The van der Waals surface area contributed by atoms with Gasteiger partial charge in [0.05, 0.1) is 0 Å². The van der Waals surface area contributed by atoms with Crippen LogP contribution in [0.5, 0.6) is 0 Å². The first kappa shape index (κ1) is 13.4. The number of hydrogen-bond donors (Lipinski definition) is 2. The molecule has 0 bridgehead atoms. The van der Waals surface area contributed by atoms with Gasteiger partial charge in [0.15, 0.2) is 5.84 Å². The molecule has 4 nitrogen and oxygen atoms in total. The number of amidine groups is 1. The van der Waals surface area contributed by atoms with E-state index < -0.39 is 0 Å². The smallest absolute Gasteiger partial charge is 0.170 e. The number of oxime groups is 1. The molecule has 0 fully saturated rings. The molecule has 2 aromatic rings. The molecule has 0 saturated heterocycles. The molecule has 0 aliphatic carbocycles. The molecule has 0 saturated carbocycles. The van der Waals surface area contributed by atoms with Gasteiger partial charge in [-0.05, 0) is 35.7 Å². The lowest BCUT2D eigenvalue weighted by molar-refractivity contribution is 0.318. The van der Waals surface area contributed by atoms with Gasteiger partial charge in [0.2, 0.25) is 0 Å². The summed E-state index contributed by atoms with van der Waals surface area (Å²) >= 11 is 0. The fraction of sp³-hybridized carbons (Fsp3) is 0.188. The zero-order valence-electron chi connectivity index (χ0n) is 11.5. The molecule has 108 valence electrons. The van der Waals surface area contributed by atoms with E-state index in [0.717, 1.165) is 24.2 Å². The fourth-order valence-electron chi connectivity index (χ4n) is 2.69. The molecule has 21 heavy (non-hydrogen) atoms. The molecule has 2 aromatic carbocycles. The Morgan fingerprint density at radius 2 is 2.14 bits per heavy atom. The highest BCUT2D eigenvalue weighted by Gasteiger charge is 2.19. The third-order valence-corrected chi connectivity index (χ3v) is 3.74. The molecule has 1 aliphatic rings. The van der Waals surface area contributed by atoms with Crippen LogP contribution in [0.15, 0.2) is 47.6 Å². The van der Waals surface area contributed by atoms with Crippen LogP contribution in [0.2, 0.25) is 0 Å². The summed E-state index contributed by atoms with van der Waals surface area (Å²) in [7, 11) is 0. The number of fused-ring (bicyclic) bond motifs is 1. The molecule has 1 aliphatic heterocycles. The van der Waals surface area contributed by atoms with Crippen molar-refractivity contribution in [1.29, 1.82) is 0 Å². The van der Waals surface area contributed by atoms with Crippen molar-refractivity contribution < 1.29 is 9.60 Å². The number of halogens is 1. The van der Waals surface area contributed by atoms with Gasteiger partial charge in [-0.2, -0.15) is 0 Å². The highest BCUT2D eigenvalue weighted by molar-refractivity contribution is 5.97. The minimum Gasteiger partial charge on any atom is -0.409 e. The molecular weight excluding hydrogens is 269 g/mol. The summed E-state index contributed by atoms with van der Waals surface area (Å²) in [6.45, 7) is 1.54. The lowest BCUT2D eigenvalue weighted by Gasteiger charge is -2.20. The fourth-order valence-corrected chi connectivity index (χ4v) is 2.69. The quantitative estimate of drug-likeness (QED) is 0.394. The van der Waals surface area contributed by atoms with Crippen molar-refractivity contribution in [1.82, 2.24) is 0 Å². The van der Waals surface area contributed by atoms with Crippen molar-refractivity contribution in [3.05, 3.63) is 65.0 Å². The van der Waals surface area contributed by atoms with E-state index in [-0.39, 0.29) is 11.7 Å². The van der Waals surface area contributed by atoms with E-state index in [2.05, 4.69) is 10.1 Å². The van der Waals surface area contributed by atoms with E-state index in [1.807, 2.05) is 24.3 Å². The monoisotopic (exact) mass is 285 g/mol. The molecule has 0 radical (unpaired) electrons. The molecule has 0 spiro atoms. The second-order valence-corrected chi connectivity index (χ2v) is 5.13. The summed E-state index contributed by atoms with van der Waals surface area (Å²) in [5, 5.41) is 11.7. The molecule has 3 rings (SSSR count). The Kier molecular flexibility index (Phi) is 3.48. The highest BCUT2D eigenvalue weighted by Crippen LogP contribution is 2.30. The summed E-state index contributed by atoms with van der Waals surface area (Å²) < 4.78 is 13.4. The summed E-state index contributed by atoms with van der Waals surface area (Å²) in [5.41, 5.74) is 9.44. The number of nitrogens with zero attached hydrogens (tertiary/aromatic N) is 2. The summed E-state index contributed by atoms with van der Waals surface area (Å²) in [4.78, 5) is 2.14. The SMILES string of the molecule is N/C(=N/O)c1cccc(CN2CCc3ccc(F)cc32)c1. The molecule has 0 atom stereocenters. The van der Waals surface area contributed by atoms with Crippen LogP contribution in [0.4, 0.5) is 10.1 Å². The maximum atomic E-state index is 13.4. The van der Waals surface area contributed by atoms with Gasteiger partial charge in [0.1, 0.15) is 5.82 Å². The van der Waals surface area contributed by atoms with Crippen molar-refractivity contribution in [2.24, 2.45) is 10.9 Å². The summed E-state index contributed by atoms with van der Waals surface area (Å²) in [5.74, 6) is -0.129. The Morgan fingerprint density at radius 3 is 2.95 bits per heavy atom. The van der Waals surface area contributed by atoms with Crippen molar-refractivity contribution in [2.75, 3.05) is 11.4 Å². The number of rotatable bonds is 3. The molecule has 0 aromatic heterocycles.